The zero-order valence-corrected chi connectivity index (χ0v) is 17.2. The number of carbonyl (C=O) groups excluding carboxylic acids is 1. The van der Waals surface area contributed by atoms with Crippen molar-refractivity contribution in [2.75, 3.05) is 5.32 Å². The van der Waals surface area contributed by atoms with Crippen LogP contribution in [0.2, 0.25) is 0 Å². The minimum Gasteiger partial charge on any atom is -0.343 e. The number of aryl methyl sites for hydroxylation is 3. The van der Waals surface area contributed by atoms with Gasteiger partial charge >= 0.3 is 0 Å². The van der Waals surface area contributed by atoms with Gasteiger partial charge in [0.1, 0.15) is 5.82 Å². The first-order valence-electron chi connectivity index (χ1n) is 9.78. The van der Waals surface area contributed by atoms with Crippen molar-refractivity contribution in [3.8, 4) is 5.69 Å². The van der Waals surface area contributed by atoms with E-state index in [-0.39, 0.29) is 11.7 Å². The van der Waals surface area contributed by atoms with E-state index >= 15 is 0 Å². The van der Waals surface area contributed by atoms with Crippen LogP contribution in [0.4, 0.5) is 5.82 Å². The smallest absolute Gasteiger partial charge is 0.161 e. The van der Waals surface area contributed by atoms with Gasteiger partial charge in [0.05, 0.1) is 17.3 Å². The Labute approximate surface area is 168 Å². The van der Waals surface area contributed by atoms with Gasteiger partial charge in [0.25, 0.3) is 0 Å². The molecule has 1 N–H and O–H groups in total. The summed E-state index contributed by atoms with van der Waals surface area (Å²) >= 11 is 1.74. The molecule has 1 atom stereocenters. The lowest BCUT2D eigenvalue weighted by molar-refractivity contribution is -0.116. The first kappa shape index (κ1) is 17.4. The van der Waals surface area contributed by atoms with Gasteiger partial charge in [0.2, 0.25) is 0 Å². The van der Waals surface area contributed by atoms with Gasteiger partial charge in [-0.25, -0.2) is 4.68 Å². The second-order valence-corrected chi connectivity index (χ2v) is 8.74. The van der Waals surface area contributed by atoms with Crippen molar-refractivity contribution >= 4 is 22.9 Å². The van der Waals surface area contributed by atoms with Crippen LogP contribution in [0.3, 0.4) is 0 Å². The third kappa shape index (κ3) is 2.57. The highest BCUT2D eigenvalue weighted by atomic mass is 32.1. The van der Waals surface area contributed by atoms with E-state index in [1.54, 1.807) is 11.3 Å². The summed E-state index contributed by atoms with van der Waals surface area (Å²) in [6.45, 7) is 6.28. The van der Waals surface area contributed by atoms with Gasteiger partial charge < -0.3 is 5.32 Å². The van der Waals surface area contributed by atoms with E-state index in [0.717, 1.165) is 46.9 Å². The van der Waals surface area contributed by atoms with Gasteiger partial charge in [-0.1, -0.05) is 17.7 Å². The monoisotopic (exact) mass is 389 g/mol. The lowest BCUT2D eigenvalue weighted by Crippen LogP contribution is -2.27. The fourth-order valence-corrected chi connectivity index (χ4v) is 5.48. The quantitative estimate of drug-likeness (QED) is 0.636. The SMILES string of the molecule is Cc1ccc(-n2nc(C)c3c2NC2=C(C(=O)CCC2)[C@H]3c2sccc2C)cc1. The Balaban J connectivity index is 1.76. The summed E-state index contributed by atoms with van der Waals surface area (Å²) in [7, 11) is 0. The van der Waals surface area contributed by atoms with Crippen LogP contribution >= 0.6 is 11.3 Å². The van der Waals surface area contributed by atoms with Crippen LogP contribution in [0.1, 0.15) is 52.4 Å². The Kier molecular flexibility index (Phi) is 4.02. The predicted octanol–water partition coefficient (Wildman–Crippen LogP) is 5.42. The third-order valence-electron chi connectivity index (χ3n) is 5.85. The van der Waals surface area contributed by atoms with Gasteiger partial charge in [0, 0.05) is 28.1 Å². The Morgan fingerprint density at radius 3 is 2.61 bits per heavy atom. The number of aromatic nitrogens is 2. The molecule has 0 saturated heterocycles. The standard InChI is InChI=1S/C23H23N3OS/c1-13-7-9-16(10-8-13)26-23-19(15(3)25-26)21(22-14(2)11-12-28-22)20-17(24-23)5-4-6-18(20)27/h7-12,21,24H,4-6H2,1-3H3/t21-/m0/s1. The van der Waals surface area contributed by atoms with E-state index in [1.165, 1.54) is 16.0 Å². The molecule has 142 valence electrons. The van der Waals surface area contributed by atoms with Gasteiger partial charge in [-0.05, 0) is 62.8 Å². The highest BCUT2D eigenvalue weighted by molar-refractivity contribution is 7.10. The number of thiophene rings is 1. The first-order valence-corrected chi connectivity index (χ1v) is 10.7. The molecule has 5 heteroatoms. The predicted molar refractivity (Wildman–Crippen MR) is 113 cm³/mol. The Morgan fingerprint density at radius 1 is 1.11 bits per heavy atom. The molecule has 0 saturated carbocycles. The van der Waals surface area contributed by atoms with Gasteiger partial charge in [-0.15, -0.1) is 11.3 Å². The normalized spacial score (nSPS) is 18.7. The maximum absolute atomic E-state index is 13.0. The zero-order chi connectivity index (χ0) is 19.4. The fourth-order valence-electron chi connectivity index (χ4n) is 4.44. The van der Waals surface area contributed by atoms with E-state index in [0.29, 0.717) is 6.42 Å². The van der Waals surface area contributed by atoms with Crippen LogP contribution in [-0.2, 0) is 4.79 Å². The summed E-state index contributed by atoms with van der Waals surface area (Å²) in [6, 6.07) is 10.6. The molecular formula is C23H23N3OS. The molecule has 1 aliphatic heterocycles. The van der Waals surface area contributed by atoms with E-state index in [9.17, 15) is 4.79 Å². The summed E-state index contributed by atoms with van der Waals surface area (Å²) in [5.41, 5.74) is 7.66. The molecule has 0 amide bonds. The van der Waals surface area contributed by atoms with E-state index in [1.807, 2.05) is 4.68 Å². The summed E-state index contributed by atoms with van der Waals surface area (Å²) in [5, 5.41) is 10.6. The summed E-state index contributed by atoms with van der Waals surface area (Å²) in [4.78, 5) is 14.2. The second-order valence-electron chi connectivity index (χ2n) is 7.79. The molecule has 3 aromatic rings. The molecular weight excluding hydrogens is 366 g/mol. The number of rotatable bonds is 2. The fraction of sp³-hybridized carbons (Fsp3) is 0.304. The summed E-state index contributed by atoms with van der Waals surface area (Å²) in [5.74, 6) is 1.27. The van der Waals surface area contributed by atoms with Crippen LogP contribution in [0.15, 0.2) is 47.0 Å². The van der Waals surface area contributed by atoms with Crippen molar-refractivity contribution in [3.05, 3.63) is 74.2 Å². The molecule has 5 rings (SSSR count). The van der Waals surface area contributed by atoms with E-state index in [2.05, 4.69) is 61.8 Å². The minimum atomic E-state index is -0.0155. The maximum Gasteiger partial charge on any atom is 0.161 e. The highest BCUT2D eigenvalue weighted by Gasteiger charge is 2.39. The number of allylic oxidation sites excluding steroid dienone is 2. The number of hydrogen-bond acceptors (Lipinski definition) is 4. The molecule has 1 aromatic carbocycles. The number of ketones is 1. The second kappa shape index (κ2) is 6.45. The molecule has 2 aromatic heterocycles. The minimum absolute atomic E-state index is 0.0155. The van der Waals surface area contributed by atoms with Crippen LogP contribution < -0.4 is 5.32 Å². The summed E-state index contributed by atoms with van der Waals surface area (Å²) < 4.78 is 2.00. The van der Waals surface area contributed by atoms with Crippen molar-refractivity contribution in [2.45, 2.75) is 46.0 Å². The van der Waals surface area contributed by atoms with E-state index in [4.69, 9.17) is 5.10 Å². The van der Waals surface area contributed by atoms with Gasteiger partial charge in [0.15, 0.2) is 5.78 Å². The Morgan fingerprint density at radius 2 is 1.89 bits per heavy atom. The van der Waals surface area contributed by atoms with E-state index < -0.39 is 0 Å². The number of Topliss-reactive ketones (excluding diaryl/α,β-unsaturated/α-hetero) is 1. The van der Waals surface area contributed by atoms with Gasteiger partial charge in [-0.2, -0.15) is 5.10 Å². The molecule has 0 bridgehead atoms. The van der Waals surface area contributed by atoms with Crippen molar-refractivity contribution in [1.29, 1.82) is 0 Å². The zero-order valence-electron chi connectivity index (χ0n) is 16.4. The number of carbonyl (C=O) groups is 1. The van der Waals surface area contributed by atoms with Crippen LogP contribution in [0.25, 0.3) is 5.69 Å². The number of anilines is 1. The molecule has 0 spiro atoms. The van der Waals surface area contributed by atoms with Crippen LogP contribution in [0, 0.1) is 20.8 Å². The summed E-state index contributed by atoms with van der Waals surface area (Å²) in [6.07, 6.45) is 2.47. The van der Waals surface area contributed by atoms with Crippen molar-refractivity contribution in [3.63, 3.8) is 0 Å². The number of hydrogen-bond donors (Lipinski definition) is 1. The number of nitrogens with zero attached hydrogens (tertiary/aromatic N) is 2. The number of benzene rings is 1. The molecule has 2 aliphatic rings. The molecule has 4 nitrogen and oxygen atoms in total. The average Bonchev–Trinajstić information content (AvgIpc) is 3.25. The van der Waals surface area contributed by atoms with Crippen LogP contribution in [-0.4, -0.2) is 15.6 Å². The lowest BCUT2D eigenvalue weighted by atomic mass is 9.78. The molecule has 28 heavy (non-hydrogen) atoms. The molecule has 3 heterocycles. The molecule has 0 radical (unpaired) electrons. The Bertz CT molecular complexity index is 1120. The Hall–Kier alpha value is -2.66. The highest BCUT2D eigenvalue weighted by Crippen LogP contribution is 2.49. The lowest BCUT2D eigenvalue weighted by Gasteiger charge is -2.32. The average molecular weight is 390 g/mol. The molecule has 0 fully saturated rings. The van der Waals surface area contributed by atoms with Crippen molar-refractivity contribution in [2.24, 2.45) is 0 Å². The van der Waals surface area contributed by atoms with Gasteiger partial charge in [-0.3, -0.25) is 4.79 Å². The topological polar surface area (TPSA) is 46.9 Å². The largest absolute Gasteiger partial charge is 0.343 e. The van der Waals surface area contributed by atoms with Crippen LogP contribution in [0.5, 0.6) is 0 Å². The molecule has 0 unspecified atom stereocenters. The van der Waals surface area contributed by atoms with Crippen molar-refractivity contribution < 1.29 is 4.79 Å². The molecule has 1 aliphatic carbocycles. The van der Waals surface area contributed by atoms with Crippen molar-refractivity contribution in [1.82, 2.24) is 9.78 Å². The number of fused-ring (bicyclic) bond motifs is 1. The number of nitrogens with one attached hydrogen (secondary N) is 1. The third-order valence-corrected chi connectivity index (χ3v) is 6.94. The maximum atomic E-state index is 13.0. The first-order chi connectivity index (χ1) is 13.5.